The lowest BCUT2D eigenvalue weighted by atomic mass is 10.0. The van der Waals surface area contributed by atoms with E-state index in [0.717, 1.165) is 11.1 Å². The van der Waals surface area contributed by atoms with E-state index in [2.05, 4.69) is 5.32 Å². The molecule has 0 amide bonds. The summed E-state index contributed by atoms with van der Waals surface area (Å²) in [7, 11) is 0. The highest BCUT2D eigenvalue weighted by atomic mass is 35.5. The molecular weight excluding hydrogens is 309 g/mol. The highest BCUT2D eigenvalue weighted by molar-refractivity contribution is 6.42. The van der Waals surface area contributed by atoms with Gasteiger partial charge in [0.05, 0.1) is 15.6 Å². The van der Waals surface area contributed by atoms with E-state index in [1.807, 2.05) is 24.3 Å². The van der Waals surface area contributed by atoms with Crippen molar-refractivity contribution >= 4 is 29.2 Å². The van der Waals surface area contributed by atoms with E-state index in [4.69, 9.17) is 28.3 Å². The third-order valence-corrected chi connectivity index (χ3v) is 3.87. The zero-order valence-corrected chi connectivity index (χ0v) is 12.8. The van der Waals surface area contributed by atoms with Gasteiger partial charge in [0.25, 0.3) is 0 Å². The fraction of sp³-hybridized carbons (Fsp3) is 0.188. The van der Waals surface area contributed by atoms with Crippen LogP contribution in [0.4, 0.5) is 0 Å². The second kappa shape index (κ2) is 7.46. The molecule has 2 N–H and O–H groups in total. The third-order valence-electron chi connectivity index (χ3n) is 3.13. The van der Waals surface area contributed by atoms with Crippen molar-refractivity contribution in [1.29, 1.82) is 0 Å². The maximum Gasteiger partial charge on any atom is 0.335 e. The van der Waals surface area contributed by atoms with Gasteiger partial charge in [0.15, 0.2) is 0 Å². The third kappa shape index (κ3) is 4.46. The first-order valence-electron chi connectivity index (χ1n) is 6.54. The van der Waals surface area contributed by atoms with Gasteiger partial charge in [-0.2, -0.15) is 0 Å². The normalized spacial score (nSPS) is 10.6. The molecule has 0 aliphatic heterocycles. The second-order valence-corrected chi connectivity index (χ2v) is 5.45. The summed E-state index contributed by atoms with van der Waals surface area (Å²) < 4.78 is 0. The minimum atomic E-state index is -0.893. The van der Waals surface area contributed by atoms with E-state index >= 15 is 0 Å². The molecule has 2 aromatic carbocycles. The van der Waals surface area contributed by atoms with Gasteiger partial charge in [-0.25, -0.2) is 4.79 Å². The van der Waals surface area contributed by atoms with Crippen LogP contribution in [-0.4, -0.2) is 17.6 Å². The summed E-state index contributed by atoms with van der Waals surface area (Å²) >= 11 is 11.8. The molecule has 5 heteroatoms. The lowest BCUT2D eigenvalue weighted by molar-refractivity contribution is 0.0695. The van der Waals surface area contributed by atoms with Crippen LogP contribution in [0.15, 0.2) is 42.5 Å². The Hall–Kier alpha value is -1.55. The molecule has 0 saturated heterocycles. The van der Waals surface area contributed by atoms with Gasteiger partial charge < -0.3 is 10.4 Å². The van der Waals surface area contributed by atoms with Gasteiger partial charge >= 0.3 is 5.97 Å². The fourth-order valence-corrected chi connectivity index (χ4v) is 2.37. The van der Waals surface area contributed by atoms with E-state index in [-0.39, 0.29) is 0 Å². The van der Waals surface area contributed by atoms with Crippen molar-refractivity contribution in [3.05, 3.63) is 69.2 Å². The molecule has 110 valence electrons. The number of hydrogen-bond donors (Lipinski definition) is 2. The molecule has 21 heavy (non-hydrogen) atoms. The summed E-state index contributed by atoms with van der Waals surface area (Å²) in [5.74, 6) is -0.893. The minimum absolute atomic E-state index is 0.355. The SMILES string of the molecule is O=C(O)c1ccccc1CCNCc1ccc(Cl)c(Cl)c1. The smallest absolute Gasteiger partial charge is 0.335 e. The number of carboxylic acids is 1. The van der Waals surface area contributed by atoms with Crippen LogP contribution in [0.3, 0.4) is 0 Å². The average Bonchev–Trinajstić information content (AvgIpc) is 2.47. The molecule has 0 fully saturated rings. The predicted molar refractivity (Wildman–Crippen MR) is 85.3 cm³/mol. The zero-order chi connectivity index (χ0) is 15.2. The van der Waals surface area contributed by atoms with Gasteiger partial charge in [0.1, 0.15) is 0 Å². The van der Waals surface area contributed by atoms with Crippen molar-refractivity contribution in [2.75, 3.05) is 6.54 Å². The summed E-state index contributed by atoms with van der Waals surface area (Å²) in [5.41, 5.74) is 2.22. The Morgan fingerprint density at radius 3 is 2.57 bits per heavy atom. The van der Waals surface area contributed by atoms with Gasteiger partial charge in [-0.3, -0.25) is 0 Å². The highest BCUT2D eigenvalue weighted by Gasteiger charge is 2.08. The number of carboxylic acid groups (broad SMARTS) is 1. The van der Waals surface area contributed by atoms with E-state index in [0.29, 0.717) is 35.1 Å². The largest absolute Gasteiger partial charge is 0.478 e. The molecular formula is C16H15Cl2NO2. The average molecular weight is 324 g/mol. The number of halogens is 2. The molecule has 0 saturated carbocycles. The number of benzene rings is 2. The number of rotatable bonds is 6. The Kier molecular flexibility index (Phi) is 5.62. The molecule has 0 aliphatic rings. The molecule has 0 atom stereocenters. The topological polar surface area (TPSA) is 49.3 Å². The predicted octanol–water partition coefficient (Wildman–Crippen LogP) is 4.02. The Morgan fingerprint density at radius 1 is 1.10 bits per heavy atom. The summed E-state index contributed by atoms with van der Waals surface area (Å²) in [6.45, 7) is 1.34. The van der Waals surface area contributed by atoms with Gasteiger partial charge in [0, 0.05) is 6.54 Å². The van der Waals surface area contributed by atoms with Crippen LogP contribution in [0.25, 0.3) is 0 Å². The van der Waals surface area contributed by atoms with Crippen molar-refractivity contribution in [3.63, 3.8) is 0 Å². The molecule has 0 spiro atoms. The molecule has 2 rings (SSSR count). The fourth-order valence-electron chi connectivity index (χ4n) is 2.05. The number of nitrogens with one attached hydrogen (secondary N) is 1. The Bertz CT molecular complexity index is 644. The van der Waals surface area contributed by atoms with Crippen LogP contribution in [0.2, 0.25) is 10.0 Å². The van der Waals surface area contributed by atoms with Crippen molar-refractivity contribution < 1.29 is 9.90 Å². The monoisotopic (exact) mass is 323 g/mol. The van der Waals surface area contributed by atoms with E-state index < -0.39 is 5.97 Å². The standard InChI is InChI=1S/C16H15Cl2NO2/c17-14-6-5-11(9-15(14)18)10-19-8-7-12-3-1-2-4-13(12)16(20)21/h1-6,9,19H,7-8,10H2,(H,20,21). The second-order valence-electron chi connectivity index (χ2n) is 4.64. The van der Waals surface area contributed by atoms with Crippen LogP contribution in [0, 0.1) is 0 Å². The van der Waals surface area contributed by atoms with Crippen LogP contribution >= 0.6 is 23.2 Å². The Morgan fingerprint density at radius 2 is 1.86 bits per heavy atom. The minimum Gasteiger partial charge on any atom is -0.478 e. The van der Waals surface area contributed by atoms with Gasteiger partial charge in [0.2, 0.25) is 0 Å². The molecule has 3 nitrogen and oxygen atoms in total. The zero-order valence-electron chi connectivity index (χ0n) is 11.3. The first kappa shape index (κ1) is 15.8. The van der Waals surface area contributed by atoms with E-state index in [9.17, 15) is 4.79 Å². The molecule has 0 unspecified atom stereocenters. The van der Waals surface area contributed by atoms with E-state index in [1.54, 1.807) is 18.2 Å². The molecule has 0 bridgehead atoms. The lowest BCUT2D eigenvalue weighted by Gasteiger charge is -2.08. The van der Waals surface area contributed by atoms with Crippen molar-refractivity contribution in [3.8, 4) is 0 Å². The first-order valence-corrected chi connectivity index (χ1v) is 7.29. The van der Waals surface area contributed by atoms with Crippen LogP contribution in [0.5, 0.6) is 0 Å². The summed E-state index contributed by atoms with van der Waals surface area (Å²) in [4.78, 5) is 11.1. The van der Waals surface area contributed by atoms with Gasteiger partial charge in [-0.15, -0.1) is 0 Å². The molecule has 0 aromatic heterocycles. The summed E-state index contributed by atoms with van der Waals surface area (Å²) in [6.07, 6.45) is 0.657. The molecule has 0 heterocycles. The summed E-state index contributed by atoms with van der Waals surface area (Å²) in [5, 5.41) is 13.4. The molecule has 0 aliphatic carbocycles. The van der Waals surface area contributed by atoms with Crippen LogP contribution in [-0.2, 0) is 13.0 Å². The Balaban J connectivity index is 1.87. The van der Waals surface area contributed by atoms with Crippen molar-refractivity contribution in [2.45, 2.75) is 13.0 Å². The maximum atomic E-state index is 11.1. The molecule has 0 radical (unpaired) electrons. The van der Waals surface area contributed by atoms with Crippen LogP contribution < -0.4 is 5.32 Å². The van der Waals surface area contributed by atoms with Gasteiger partial charge in [-0.05, 0) is 42.3 Å². The van der Waals surface area contributed by atoms with Crippen molar-refractivity contribution in [1.82, 2.24) is 5.32 Å². The lowest BCUT2D eigenvalue weighted by Crippen LogP contribution is -2.17. The number of carbonyl (C=O) groups is 1. The molecule has 2 aromatic rings. The highest BCUT2D eigenvalue weighted by Crippen LogP contribution is 2.22. The first-order chi connectivity index (χ1) is 10.1. The van der Waals surface area contributed by atoms with E-state index in [1.165, 1.54) is 0 Å². The maximum absolute atomic E-state index is 11.1. The van der Waals surface area contributed by atoms with Gasteiger partial charge in [-0.1, -0.05) is 47.5 Å². The number of aromatic carboxylic acids is 1. The number of hydrogen-bond acceptors (Lipinski definition) is 2. The van der Waals surface area contributed by atoms with Crippen molar-refractivity contribution in [2.24, 2.45) is 0 Å². The Labute approximate surface area is 133 Å². The summed E-state index contributed by atoms with van der Waals surface area (Å²) in [6, 6.07) is 12.5. The van der Waals surface area contributed by atoms with Crippen LogP contribution in [0.1, 0.15) is 21.5 Å². The quantitative estimate of drug-likeness (QED) is 0.789.